The first kappa shape index (κ1) is 26.7. The zero-order valence-corrected chi connectivity index (χ0v) is 22.1. The number of thioether (sulfide) groups is 1. The lowest BCUT2D eigenvalue weighted by Gasteiger charge is -2.25. The molecule has 0 aromatic heterocycles. The predicted octanol–water partition coefficient (Wildman–Crippen LogP) is 4.27. The first-order valence-electron chi connectivity index (χ1n) is 11.6. The highest BCUT2D eigenvalue weighted by Gasteiger charge is 2.50. The number of rotatable bonds is 10. The van der Waals surface area contributed by atoms with E-state index >= 15 is 0 Å². The number of carbonyl (C=O) groups is 2. The van der Waals surface area contributed by atoms with Gasteiger partial charge >= 0.3 is 0 Å². The van der Waals surface area contributed by atoms with Gasteiger partial charge in [-0.05, 0) is 54.8 Å². The second-order valence-electron chi connectivity index (χ2n) is 8.91. The number of hydrogen-bond acceptors (Lipinski definition) is 7. The predicted molar refractivity (Wildman–Crippen MR) is 144 cm³/mol. The minimum atomic E-state index is -3.64. The van der Waals surface area contributed by atoms with Crippen LogP contribution in [0.3, 0.4) is 0 Å². The van der Waals surface area contributed by atoms with Gasteiger partial charge in [-0.15, -0.1) is 11.8 Å². The molecule has 1 aliphatic heterocycles. The van der Waals surface area contributed by atoms with Gasteiger partial charge in [-0.25, -0.2) is 0 Å². The number of ether oxygens (including phenoxy) is 1. The smallest absolute Gasteiger partial charge is 0.264 e. The average molecular weight is 541 g/mol. The van der Waals surface area contributed by atoms with Crippen LogP contribution in [0.25, 0.3) is 0 Å². The summed E-state index contributed by atoms with van der Waals surface area (Å²) in [7, 11) is -3.64. The van der Waals surface area contributed by atoms with Crippen molar-refractivity contribution in [2.75, 3.05) is 17.8 Å². The lowest BCUT2D eigenvalue weighted by atomic mass is 10.0. The molecule has 194 valence electrons. The van der Waals surface area contributed by atoms with Crippen molar-refractivity contribution in [2.24, 2.45) is 5.73 Å². The summed E-state index contributed by atoms with van der Waals surface area (Å²) in [4.78, 5) is 27.1. The minimum absolute atomic E-state index is 0.123. The van der Waals surface area contributed by atoms with Crippen molar-refractivity contribution >= 4 is 39.4 Å². The van der Waals surface area contributed by atoms with E-state index in [1.807, 2.05) is 54.6 Å². The molecule has 0 bridgehead atoms. The topological polar surface area (TPSA) is 116 Å². The van der Waals surface area contributed by atoms with E-state index in [2.05, 4.69) is 0 Å². The highest BCUT2D eigenvalue weighted by Crippen LogP contribution is 2.52. The molecule has 37 heavy (non-hydrogen) atoms. The summed E-state index contributed by atoms with van der Waals surface area (Å²) in [6.07, 6.45) is 1.16. The third kappa shape index (κ3) is 6.51. The second kappa shape index (κ2) is 11.0. The van der Waals surface area contributed by atoms with Crippen LogP contribution in [-0.2, 0) is 25.7 Å². The van der Waals surface area contributed by atoms with Crippen molar-refractivity contribution in [1.29, 1.82) is 0 Å². The van der Waals surface area contributed by atoms with Crippen LogP contribution in [0.5, 0.6) is 5.75 Å². The Kier molecular flexibility index (Phi) is 7.91. The summed E-state index contributed by atoms with van der Waals surface area (Å²) >= 11 is 1.40. The highest BCUT2D eigenvalue weighted by atomic mass is 32.2. The van der Waals surface area contributed by atoms with Crippen molar-refractivity contribution in [3.05, 3.63) is 95.6 Å². The lowest BCUT2D eigenvalue weighted by molar-refractivity contribution is -0.120. The summed E-state index contributed by atoms with van der Waals surface area (Å²) in [5.74, 6) is -0.124. The molecule has 2 atom stereocenters. The van der Waals surface area contributed by atoms with Gasteiger partial charge in [0.25, 0.3) is 10.1 Å². The Labute approximate surface area is 220 Å². The summed E-state index contributed by atoms with van der Waals surface area (Å²) in [6, 6.07) is 23.9. The van der Waals surface area contributed by atoms with Gasteiger partial charge in [0.1, 0.15) is 17.7 Å². The van der Waals surface area contributed by atoms with Gasteiger partial charge in [-0.2, -0.15) is 8.42 Å². The fourth-order valence-corrected chi connectivity index (χ4v) is 5.91. The Hall–Kier alpha value is -3.34. The third-order valence-electron chi connectivity index (χ3n) is 5.98. The molecule has 4 rings (SSSR count). The first-order valence-corrected chi connectivity index (χ1v) is 14.3. The second-order valence-corrected chi connectivity index (χ2v) is 12.1. The van der Waals surface area contributed by atoms with E-state index in [0.29, 0.717) is 18.0 Å². The molecule has 1 aliphatic rings. The largest absolute Gasteiger partial charge is 0.489 e. The number of primary amides is 1. The molecule has 8 nitrogen and oxygen atoms in total. The van der Waals surface area contributed by atoms with Gasteiger partial charge in [0.15, 0.2) is 0 Å². The molecule has 3 aromatic rings. The van der Waals surface area contributed by atoms with Gasteiger partial charge in [0.05, 0.1) is 17.6 Å². The lowest BCUT2D eigenvalue weighted by Crippen LogP contribution is -2.38. The molecule has 1 heterocycles. The quantitative estimate of drug-likeness (QED) is 0.382. The number of carbonyl (C=O) groups excluding carboxylic acids is 2. The van der Waals surface area contributed by atoms with Gasteiger partial charge in [-0.3, -0.25) is 18.7 Å². The molecular formula is C27H28N2O6S2. The average Bonchev–Trinajstić information content (AvgIpc) is 3.13. The molecule has 3 aromatic carbocycles. The number of benzene rings is 3. The van der Waals surface area contributed by atoms with E-state index in [-0.39, 0.29) is 24.5 Å². The van der Waals surface area contributed by atoms with E-state index in [1.54, 1.807) is 36.1 Å². The van der Waals surface area contributed by atoms with Crippen LogP contribution < -0.4 is 15.4 Å². The van der Waals surface area contributed by atoms with Crippen LogP contribution in [0.4, 0.5) is 5.69 Å². The van der Waals surface area contributed by atoms with Crippen molar-refractivity contribution < 1.29 is 26.9 Å². The number of amides is 2. The third-order valence-corrected chi connectivity index (χ3v) is 8.18. The van der Waals surface area contributed by atoms with Crippen LogP contribution in [-0.4, -0.2) is 37.8 Å². The maximum Gasteiger partial charge on any atom is 0.264 e. The van der Waals surface area contributed by atoms with Crippen LogP contribution in [0.15, 0.2) is 78.9 Å². The van der Waals surface area contributed by atoms with Gasteiger partial charge < -0.3 is 10.5 Å². The Morgan fingerprint density at radius 2 is 1.76 bits per heavy atom. The van der Waals surface area contributed by atoms with Crippen LogP contribution in [0, 0.1) is 0 Å². The normalized spacial score (nSPS) is 19.7. The summed E-state index contributed by atoms with van der Waals surface area (Å²) in [5, 5.41) is -0.429. The van der Waals surface area contributed by atoms with Crippen LogP contribution in [0.2, 0.25) is 0 Å². The number of anilines is 1. The maximum absolute atomic E-state index is 13.7. The first-order chi connectivity index (χ1) is 17.6. The number of hydrogen-bond donors (Lipinski definition) is 1. The van der Waals surface area contributed by atoms with E-state index in [9.17, 15) is 18.0 Å². The fourth-order valence-electron chi connectivity index (χ4n) is 4.01. The minimum Gasteiger partial charge on any atom is -0.489 e. The molecular weight excluding hydrogens is 512 g/mol. The molecule has 0 saturated carbocycles. The van der Waals surface area contributed by atoms with E-state index in [0.717, 1.165) is 17.4 Å². The van der Waals surface area contributed by atoms with Crippen LogP contribution >= 0.6 is 11.8 Å². The Morgan fingerprint density at radius 3 is 2.41 bits per heavy atom. The summed E-state index contributed by atoms with van der Waals surface area (Å²) in [5.41, 5.74) is 8.18. The molecule has 1 saturated heterocycles. The van der Waals surface area contributed by atoms with E-state index in [4.69, 9.17) is 14.7 Å². The Morgan fingerprint density at radius 1 is 1.05 bits per heavy atom. The zero-order valence-electron chi connectivity index (χ0n) is 20.5. The summed E-state index contributed by atoms with van der Waals surface area (Å²) < 4.78 is 32.8. The SMILES string of the molecule is C[C@]1(CCOS(C)(=O)=O)S[C@@H](c2ccc(OCc3ccccc3)cc2)N(c2cccc(C(N)=O)c2)C1=O. The van der Waals surface area contributed by atoms with Crippen LogP contribution in [0.1, 0.15) is 40.2 Å². The molecule has 0 radical (unpaired) electrons. The van der Waals surface area contributed by atoms with Crippen molar-refractivity contribution in [2.45, 2.75) is 30.1 Å². The molecule has 10 heteroatoms. The van der Waals surface area contributed by atoms with Gasteiger partial charge in [-0.1, -0.05) is 48.5 Å². The highest BCUT2D eigenvalue weighted by molar-refractivity contribution is 8.02. The van der Waals surface area contributed by atoms with Crippen molar-refractivity contribution in [1.82, 2.24) is 0 Å². The molecule has 2 amide bonds. The summed E-state index contributed by atoms with van der Waals surface area (Å²) in [6.45, 7) is 2.08. The Bertz CT molecular complexity index is 1380. The van der Waals surface area contributed by atoms with Crippen molar-refractivity contribution in [3.63, 3.8) is 0 Å². The fraction of sp³-hybridized carbons (Fsp3) is 0.259. The molecule has 0 unspecified atom stereocenters. The molecule has 0 aliphatic carbocycles. The number of nitrogens with two attached hydrogens (primary N) is 1. The van der Waals surface area contributed by atoms with Crippen molar-refractivity contribution in [3.8, 4) is 5.75 Å². The zero-order chi connectivity index (χ0) is 26.6. The molecule has 2 N–H and O–H groups in total. The number of nitrogens with zero attached hydrogens (tertiary/aromatic N) is 1. The van der Waals surface area contributed by atoms with Gasteiger partial charge in [0, 0.05) is 11.3 Å². The van der Waals surface area contributed by atoms with E-state index < -0.39 is 26.1 Å². The van der Waals surface area contributed by atoms with E-state index in [1.165, 1.54) is 11.8 Å². The van der Waals surface area contributed by atoms with Gasteiger partial charge in [0.2, 0.25) is 11.8 Å². The Balaban J connectivity index is 1.61. The maximum atomic E-state index is 13.7. The monoisotopic (exact) mass is 540 g/mol. The standard InChI is InChI=1S/C27H28N2O6S2/c1-27(15-16-35-37(2,32)33)26(31)29(22-10-6-9-21(17-22)24(28)30)25(36-27)20-11-13-23(14-12-20)34-18-19-7-4-3-5-8-19/h3-14,17,25H,15-16,18H2,1-2H3,(H2,28,30)/t25-,27+/m0/s1. The molecule has 1 fully saturated rings. The molecule has 0 spiro atoms.